The molecule has 0 unspecified atom stereocenters. The zero-order valence-corrected chi connectivity index (χ0v) is 23.9. The number of piperazine rings is 1. The third-order valence-corrected chi connectivity index (χ3v) is 8.39. The lowest BCUT2D eigenvalue weighted by atomic mass is 10.0. The summed E-state index contributed by atoms with van der Waals surface area (Å²) in [6.45, 7) is 12.6. The van der Waals surface area contributed by atoms with E-state index in [0.29, 0.717) is 24.2 Å². The maximum absolute atomic E-state index is 10.6. The van der Waals surface area contributed by atoms with Gasteiger partial charge in [0.2, 0.25) is 5.95 Å². The second-order valence-corrected chi connectivity index (χ2v) is 11.8. The summed E-state index contributed by atoms with van der Waals surface area (Å²) in [6, 6.07) is 7.70. The summed E-state index contributed by atoms with van der Waals surface area (Å²) in [4.78, 5) is 27.6. The minimum absolute atomic E-state index is 0.0432. The number of aliphatic hydroxyl groups is 1. The van der Waals surface area contributed by atoms with E-state index in [2.05, 4.69) is 42.6 Å². The molecule has 12 nitrogen and oxygen atoms in total. The van der Waals surface area contributed by atoms with Gasteiger partial charge in [-0.15, -0.1) is 0 Å². The molecule has 6 rings (SSSR count). The quantitative estimate of drug-likeness (QED) is 0.459. The van der Waals surface area contributed by atoms with Gasteiger partial charge in [-0.3, -0.25) is 14.9 Å². The van der Waals surface area contributed by atoms with Crippen molar-refractivity contribution in [3.05, 3.63) is 41.9 Å². The molecule has 0 bridgehead atoms. The lowest BCUT2D eigenvalue weighted by Gasteiger charge is -2.42. The van der Waals surface area contributed by atoms with Gasteiger partial charge in [-0.25, -0.2) is 4.98 Å². The molecule has 0 aliphatic carbocycles. The van der Waals surface area contributed by atoms with Gasteiger partial charge in [0.1, 0.15) is 22.9 Å². The van der Waals surface area contributed by atoms with Crippen LogP contribution in [0.1, 0.15) is 25.1 Å². The average molecular weight is 559 g/mol. The van der Waals surface area contributed by atoms with Crippen LogP contribution >= 0.6 is 0 Å². The highest BCUT2D eigenvalue weighted by molar-refractivity contribution is 5.92. The molecule has 41 heavy (non-hydrogen) atoms. The molecule has 216 valence electrons. The number of fused-ring (bicyclic) bond motifs is 1. The molecule has 3 aliphatic rings. The van der Waals surface area contributed by atoms with Crippen LogP contribution in [0.25, 0.3) is 11.0 Å². The number of hydrogen-bond acceptors (Lipinski definition) is 12. The second kappa shape index (κ2) is 11.0. The van der Waals surface area contributed by atoms with Gasteiger partial charge in [0.25, 0.3) is 0 Å². The number of β-amino-alcohol motifs (C(OH)–C–C–N with tert-alkyl or cyclic N) is 1. The topological polar surface area (TPSA) is 144 Å². The molecular formula is C29H38N10O2. The van der Waals surface area contributed by atoms with E-state index in [1.165, 1.54) is 0 Å². The summed E-state index contributed by atoms with van der Waals surface area (Å²) in [6.07, 6.45) is 3.42. The van der Waals surface area contributed by atoms with Crippen LogP contribution in [0, 0.1) is 18.3 Å². The van der Waals surface area contributed by atoms with Gasteiger partial charge < -0.3 is 30.3 Å². The van der Waals surface area contributed by atoms with Crippen LogP contribution in [-0.4, -0.2) is 113 Å². The Labute approximate surface area is 240 Å². The number of morpholine rings is 1. The Morgan fingerprint density at radius 3 is 2.51 bits per heavy atom. The highest BCUT2D eigenvalue weighted by Gasteiger charge is 2.40. The van der Waals surface area contributed by atoms with Crippen molar-refractivity contribution < 1.29 is 9.84 Å². The Bertz CT molecular complexity index is 1450. The van der Waals surface area contributed by atoms with Crippen molar-refractivity contribution in [3.63, 3.8) is 0 Å². The first-order valence-electron chi connectivity index (χ1n) is 14.3. The van der Waals surface area contributed by atoms with Crippen LogP contribution < -0.4 is 20.4 Å². The van der Waals surface area contributed by atoms with E-state index in [0.717, 1.165) is 74.5 Å². The Kier molecular flexibility index (Phi) is 7.37. The van der Waals surface area contributed by atoms with Gasteiger partial charge in [0.05, 0.1) is 35.1 Å². The number of hydrogen-bond donors (Lipinski definition) is 2. The molecule has 3 aliphatic heterocycles. The van der Waals surface area contributed by atoms with Crippen LogP contribution in [0.15, 0.2) is 30.6 Å². The highest BCUT2D eigenvalue weighted by Crippen LogP contribution is 2.30. The van der Waals surface area contributed by atoms with Gasteiger partial charge in [-0.1, -0.05) is 0 Å². The van der Waals surface area contributed by atoms with Gasteiger partial charge in [-0.05, 0) is 32.9 Å². The van der Waals surface area contributed by atoms with E-state index in [1.54, 1.807) is 19.3 Å². The average Bonchev–Trinajstić information content (AvgIpc) is 3.24. The molecule has 1 aromatic carbocycles. The van der Waals surface area contributed by atoms with Crippen molar-refractivity contribution in [1.29, 1.82) is 5.26 Å². The fraction of sp³-hybridized carbons (Fsp3) is 0.552. The first-order chi connectivity index (χ1) is 19.7. The van der Waals surface area contributed by atoms with Crippen LogP contribution in [0.3, 0.4) is 0 Å². The first kappa shape index (κ1) is 27.5. The maximum atomic E-state index is 10.6. The second-order valence-electron chi connectivity index (χ2n) is 11.8. The minimum atomic E-state index is -0.931. The van der Waals surface area contributed by atoms with E-state index >= 15 is 0 Å². The van der Waals surface area contributed by atoms with E-state index in [-0.39, 0.29) is 18.2 Å². The predicted octanol–water partition coefficient (Wildman–Crippen LogP) is 0.914. The number of anilines is 3. The molecule has 4 atom stereocenters. The molecule has 0 spiro atoms. The monoisotopic (exact) mass is 558 g/mol. The molecule has 3 N–H and O–H groups in total. The first-order valence-corrected chi connectivity index (χ1v) is 14.3. The normalized spacial score (nSPS) is 27.4. The van der Waals surface area contributed by atoms with Crippen molar-refractivity contribution in [2.24, 2.45) is 5.73 Å². The predicted molar refractivity (Wildman–Crippen MR) is 157 cm³/mol. The standard InChI is InChI=1S/C29H38N10O2/c1-19-12-25(39-17-24(31)29(3,40)18-39)35-28(34-19)37-10-8-36(9-11-37)15-22-16-38(14-20(2)41-22)23-5-4-21(13-30)26-27(23)33-7-6-32-26/h4-7,12,20,22,24,40H,8-11,14-18,31H2,1-3H3/t20-,22+,24-,29-/m1/s1. The lowest BCUT2D eigenvalue weighted by molar-refractivity contribution is -0.0327. The Balaban J connectivity index is 1.10. The highest BCUT2D eigenvalue weighted by atomic mass is 16.5. The number of aryl methyl sites for hydroxylation is 1. The molecule has 0 amide bonds. The maximum Gasteiger partial charge on any atom is 0.227 e. The zero-order chi connectivity index (χ0) is 28.7. The third-order valence-electron chi connectivity index (χ3n) is 8.39. The number of benzene rings is 1. The summed E-state index contributed by atoms with van der Waals surface area (Å²) in [5, 5.41) is 20.1. The molecule has 5 heterocycles. The summed E-state index contributed by atoms with van der Waals surface area (Å²) in [5.74, 6) is 1.54. The van der Waals surface area contributed by atoms with Crippen molar-refractivity contribution in [2.45, 2.75) is 44.6 Å². The molecular weight excluding hydrogens is 520 g/mol. The summed E-state index contributed by atoms with van der Waals surface area (Å²) in [7, 11) is 0. The van der Waals surface area contributed by atoms with Crippen molar-refractivity contribution in [1.82, 2.24) is 24.8 Å². The van der Waals surface area contributed by atoms with E-state index in [9.17, 15) is 10.4 Å². The van der Waals surface area contributed by atoms with Crippen LogP contribution in [0.2, 0.25) is 0 Å². The fourth-order valence-electron chi connectivity index (χ4n) is 6.17. The fourth-order valence-corrected chi connectivity index (χ4v) is 6.17. The Morgan fingerprint density at radius 1 is 1.05 bits per heavy atom. The van der Waals surface area contributed by atoms with Crippen molar-refractivity contribution >= 4 is 28.5 Å². The van der Waals surface area contributed by atoms with Crippen LogP contribution in [-0.2, 0) is 4.74 Å². The summed E-state index contributed by atoms with van der Waals surface area (Å²) >= 11 is 0. The van der Waals surface area contributed by atoms with E-state index < -0.39 is 5.60 Å². The largest absolute Gasteiger partial charge is 0.387 e. The SMILES string of the molecule is Cc1cc(N2C[C@@H](N)[C@](C)(O)C2)nc(N2CCN(C[C@H]3CN(c4ccc(C#N)c5nccnc45)C[C@@H](C)O3)CC2)n1. The molecule has 3 aromatic rings. The number of rotatable bonds is 5. The molecule has 12 heteroatoms. The van der Waals surface area contributed by atoms with Crippen LogP contribution in [0.4, 0.5) is 17.5 Å². The minimum Gasteiger partial charge on any atom is -0.387 e. The Morgan fingerprint density at radius 2 is 1.80 bits per heavy atom. The molecule has 0 radical (unpaired) electrons. The molecule has 3 saturated heterocycles. The number of nitrogens with two attached hydrogens (primary N) is 1. The summed E-state index contributed by atoms with van der Waals surface area (Å²) in [5.41, 5.74) is 9.04. The van der Waals surface area contributed by atoms with Crippen LogP contribution in [0.5, 0.6) is 0 Å². The van der Waals surface area contributed by atoms with Gasteiger partial charge in [0, 0.05) is 83.1 Å². The molecule has 2 aromatic heterocycles. The van der Waals surface area contributed by atoms with Gasteiger partial charge >= 0.3 is 0 Å². The third kappa shape index (κ3) is 5.63. The number of aromatic nitrogens is 4. The zero-order valence-electron chi connectivity index (χ0n) is 23.9. The lowest BCUT2D eigenvalue weighted by Crippen LogP contribution is -2.54. The van der Waals surface area contributed by atoms with E-state index in [4.69, 9.17) is 20.4 Å². The molecule has 0 saturated carbocycles. The number of ether oxygens (including phenoxy) is 1. The van der Waals surface area contributed by atoms with Crippen molar-refractivity contribution in [2.75, 3.05) is 73.6 Å². The molecule has 3 fully saturated rings. The summed E-state index contributed by atoms with van der Waals surface area (Å²) < 4.78 is 6.38. The smallest absolute Gasteiger partial charge is 0.227 e. The number of nitrogens with zero attached hydrogens (tertiary/aromatic N) is 9. The van der Waals surface area contributed by atoms with Gasteiger partial charge in [-0.2, -0.15) is 10.2 Å². The Hall–Kier alpha value is -3.63. The van der Waals surface area contributed by atoms with E-state index in [1.807, 2.05) is 25.1 Å². The van der Waals surface area contributed by atoms with Gasteiger partial charge in [0.15, 0.2) is 0 Å². The number of nitriles is 1. The van der Waals surface area contributed by atoms with Crippen molar-refractivity contribution in [3.8, 4) is 6.07 Å².